The Morgan fingerprint density at radius 1 is 0.517 bits per heavy atom. The molecule has 0 aliphatic carbocycles. The van der Waals surface area contributed by atoms with Crippen LogP contribution in [0.5, 0.6) is 23.0 Å². The van der Waals surface area contributed by atoms with Gasteiger partial charge in [-0.25, -0.2) is 0 Å². The van der Waals surface area contributed by atoms with Gasteiger partial charge in [0.2, 0.25) is 0 Å². The fourth-order valence-corrected chi connectivity index (χ4v) is 8.97. The molecule has 0 aromatic heterocycles. The summed E-state index contributed by atoms with van der Waals surface area (Å²) < 4.78 is 13.2. The van der Waals surface area contributed by atoms with Crippen LogP contribution in [0.4, 0.5) is 45.5 Å². The molecule has 11 rings (SSSR count). The van der Waals surface area contributed by atoms with Crippen LogP contribution in [0, 0.1) is 6.92 Å². The molecule has 0 atom stereocenters. The maximum Gasteiger partial charge on any atom is 0.197 e. The van der Waals surface area contributed by atoms with Crippen molar-refractivity contribution in [3.05, 3.63) is 193 Å². The van der Waals surface area contributed by atoms with Gasteiger partial charge < -0.3 is 24.6 Å². The van der Waals surface area contributed by atoms with Crippen LogP contribution in [-0.4, -0.2) is 7.28 Å². The van der Waals surface area contributed by atoms with E-state index in [2.05, 4.69) is 195 Å². The summed E-state index contributed by atoms with van der Waals surface area (Å²) >= 11 is 0. The summed E-state index contributed by atoms with van der Waals surface area (Å²) in [6.07, 6.45) is 0. The van der Waals surface area contributed by atoms with Gasteiger partial charge in [0.25, 0.3) is 0 Å². The summed E-state index contributed by atoms with van der Waals surface area (Å²) in [5, 5.41) is 3.85. The van der Waals surface area contributed by atoms with Gasteiger partial charge in [-0.1, -0.05) is 122 Å². The predicted octanol–water partition coefficient (Wildman–Crippen LogP) is 12.9. The number of aryl methyl sites for hydroxylation is 1. The Labute approximate surface area is 340 Å². The van der Waals surface area contributed by atoms with Crippen LogP contribution in [0.15, 0.2) is 176 Å². The number of nitrogens with one attached hydrogen (secondary N) is 1. The summed E-state index contributed by atoms with van der Waals surface area (Å²) in [7, 11) is 2.38. The van der Waals surface area contributed by atoms with E-state index in [4.69, 9.17) is 9.47 Å². The molecule has 0 spiro atoms. The molecule has 0 saturated heterocycles. The number of benzene rings is 8. The summed E-state index contributed by atoms with van der Waals surface area (Å²) in [6, 6.07) is 62.1. The average molecular weight is 749 g/mol. The summed E-state index contributed by atoms with van der Waals surface area (Å²) in [5.74, 6) is 2.70. The van der Waals surface area contributed by atoms with Crippen molar-refractivity contribution in [2.24, 2.45) is 0 Å². The highest BCUT2D eigenvalue weighted by Crippen LogP contribution is 2.54. The third-order valence-electron chi connectivity index (χ3n) is 11.8. The zero-order chi connectivity index (χ0) is 39.0. The second-order valence-electron chi connectivity index (χ2n) is 15.7. The monoisotopic (exact) mass is 748 g/mol. The van der Waals surface area contributed by atoms with E-state index >= 15 is 0 Å². The zero-order valence-electron chi connectivity index (χ0n) is 32.5. The highest BCUT2D eigenvalue weighted by atomic mass is 16.6. The van der Waals surface area contributed by atoms with E-state index in [1.165, 1.54) is 28.0 Å². The third-order valence-corrected chi connectivity index (χ3v) is 11.8. The Morgan fingerprint density at radius 3 is 1.86 bits per heavy atom. The topological polar surface area (TPSA) is 37.0 Å². The molecule has 0 unspecified atom stereocenters. The largest absolute Gasteiger partial charge is 0.449 e. The van der Waals surface area contributed by atoms with Gasteiger partial charge in [0.05, 0.1) is 11.4 Å². The van der Waals surface area contributed by atoms with Crippen molar-refractivity contribution in [3.63, 3.8) is 0 Å². The predicted molar refractivity (Wildman–Crippen MR) is 239 cm³/mol. The standard InChI is InChI=1S/C52H39BN3O2/c1-33-17-10-12-25-42(33)54-43-32-49-48(57-46-27-14-15-28-47(46)58-49)31-37(43)38-29-36(55(34-18-6-4-7-19-34)35-20-8-5-9-21-35)30-45-50(38)53-41-24-16-23-40-51(41)56(45)44-26-13-11-22-39(44)52(40,2)3/h4-32,54H,1-3H3. The Kier molecular flexibility index (Phi) is 7.77. The van der Waals surface area contributed by atoms with E-state index in [1.54, 1.807) is 0 Å². The first-order valence-corrected chi connectivity index (χ1v) is 19.8. The van der Waals surface area contributed by atoms with Crippen molar-refractivity contribution >= 4 is 63.7 Å². The molecule has 58 heavy (non-hydrogen) atoms. The van der Waals surface area contributed by atoms with E-state index in [0.29, 0.717) is 23.0 Å². The Balaban J connectivity index is 1.22. The molecule has 277 valence electrons. The number of nitrogens with zero attached hydrogens (tertiary/aromatic N) is 2. The van der Waals surface area contributed by atoms with Crippen molar-refractivity contribution in [1.29, 1.82) is 0 Å². The van der Waals surface area contributed by atoms with Crippen molar-refractivity contribution in [1.82, 2.24) is 0 Å². The minimum absolute atomic E-state index is 0.193. The molecule has 0 fully saturated rings. The van der Waals surface area contributed by atoms with Crippen molar-refractivity contribution in [3.8, 4) is 34.1 Å². The van der Waals surface area contributed by atoms with Gasteiger partial charge in [-0.3, -0.25) is 0 Å². The Bertz CT molecular complexity index is 2870. The highest BCUT2D eigenvalue weighted by molar-refractivity contribution is 6.73. The maximum atomic E-state index is 6.64. The van der Waals surface area contributed by atoms with Crippen LogP contribution in [0.3, 0.4) is 0 Å². The third kappa shape index (κ3) is 5.40. The lowest BCUT2D eigenvalue weighted by molar-refractivity contribution is 0.360. The molecular formula is C52H39BN3O2. The number of para-hydroxylation sites is 7. The second kappa shape index (κ2) is 13.2. The zero-order valence-corrected chi connectivity index (χ0v) is 32.5. The maximum absolute atomic E-state index is 6.64. The summed E-state index contributed by atoms with van der Waals surface area (Å²) in [6.45, 7) is 6.83. The summed E-state index contributed by atoms with van der Waals surface area (Å²) in [5.41, 5.74) is 16.5. The van der Waals surface area contributed by atoms with E-state index in [9.17, 15) is 0 Å². The lowest BCUT2D eigenvalue weighted by atomic mass is 9.56. The molecular weight excluding hydrogens is 709 g/mol. The van der Waals surface area contributed by atoms with Crippen LogP contribution in [0.2, 0.25) is 0 Å². The minimum Gasteiger partial charge on any atom is -0.449 e. The molecule has 6 heteroatoms. The highest BCUT2D eigenvalue weighted by Gasteiger charge is 2.41. The second-order valence-corrected chi connectivity index (χ2v) is 15.7. The van der Waals surface area contributed by atoms with E-state index in [1.807, 2.05) is 24.3 Å². The number of hydrogen-bond donors (Lipinski definition) is 1. The van der Waals surface area contributed by atoms with Crippen molar-refractivity contribution in [2.45, 2.75) is 26.2 Å². The van der Waals surface area contributed by atoms with Gasteiger partial charge in [0.15, 0.2) is 30.3 Å². The Hall–Kier alpha value is -7.18. The van der Waals surface area contributed by atoms with Crippen LogP contribution in [0.25, 0.3) is 11.1 Å². The SMILES string of the molecule is Cc1ccccc1Nc1cc2c(cc1-c1cc(N(c3ccccc3)c3ccccc3)cc3c1[B]c1cccc4c1N3c1ccccc1C4(C)C)Oc1ccccc1O2. The van der Waals surface area contributed by atoms with Crippen molar-refractivity contribution in [2.75, 3.05) is 15.1 Å². The minimum atomic E-state index is -0.193. The van der Waals surface area contributed by atoms with Gasteiger partial charge in [0.1, 0.15) is 0 Å². The quantitative estimate of drug-likeness (QED) is 0.171. The van der Waals surface area contributed by atoms with E-state index < -0.39 is 0 Å². The smallest absolute Gasteiger partial charge is 0.197 e. The molecule has 3 aliphatic heterocycles. The van der Waals surface area contributed by atoms with Crippen LogP contribution in [0.1, 0.15) is 30.5 Å². The number of fused-ring (bicyclic) bond motifs is 6. The molecule has 3 heterocycles. The molecule has 5 nitrogen and oxygen atoms in total. The number of hydrogen-bond acceptors (Lipinski definition) is 5. The lowest BCUT2D eigenvalue weighted by Crippen LogP contribution is -2.45. The van der Waals surface area contributed by atoms with Gasteiger partial charge in [-0.05, 0) is 101 Å². The van der Waals surface area contributed by atoms with Crippen LogP contribution < -0.4 is 35.5 Å². The first-order chi connectivity index (χ1) is 28.4. The van der Waals surface area contributed by atoms with Gasteiger partial charge in [-0.2, -0.15) is 0 Å². The van der Waals surface area contributed by atoms with Crippen LogP contribution in [-0.2, 0) is 5.41 Å². The first-order valence-electron chi connectivity index (χ1n) is 19.8. The normalized spacial score (nSPS) is 13.6. The molecule has 8 aromatic rings. The summed E-state index contributed by atoms with van der Waals surface area (Å²) in [4.78, 5) is 4.86. The van der Waals surface area contributed by atoms with Gasteiger partial charge in [0, 0.05) is 51.2 Å². The number of rotatable bonds is 6. The molecule has 8 aromatic carbocycles. The van der Waals surface area contributed by atoms with Crippen molar-refractivity contribution < 1.29 is 9.47 Å². The molecule has 0 bridgehead atoms. The van der Waals surface area contributed by atoms with E-state index in [-0.39, 0.29) is 5.41 Å². The van der Waals surface area contributed by atoms with E-state index in [0.717, 1.165) is 56.3 Å². The average Bonchev–Trinajstić information content (AvgIpc) is 3.25. The molecule has 1 radical (unpaired) electrons. The number of anilines is 8. The lowest BCUT2D eigenvalue weighted by Gasteiger charge is -2.46. The molecule has 0 amide bonds. The van der Waals surface area contributed by atoms with Crippen LogP contribution >= 0.6 is 0 Å². The van der Waals surface area contributed by atoms with Gasteiger partial charge >= 0.3 is 0 Å². The molecule has 1 N–H and O–H groups in total. The Morgan fingerprint density at radius 2 is 1.14 bits per heavy atom. The number of ether oxygens (including phenoxy) is 2. The first kappa shape index (κ1) is 34.1. The molecule has 3 aliphatic rings. The fourth-order valence-electron chi connectivity index (χ4n) is 8.97. The molecule has 0 saturated carbocycles. The van der Waals surface area contributed by atoms with Gasteiger partial charge in [-0.15, -0.1) is 0 Å². The fraction of sp³-hybridized carbons (Fsp3) is 0.0769.